The quantitative estimate of drug-likeness (QED) is 0.437. The second kappa shape index (κ2) is 8.14. The lowest BCUT2D eigenvalue weighted by Crippen LogP contribution is -2.49. The number of carbonyl (C=O) groups is 1. The summed E-state index contributed by atoms with van der Waals surface area (Å²) >= 11 is 0. The number of rotatable bonds is 4. The predicted molar refractivity (Wildman–Crippen MR) is 125 cm³/mol. The third-order valence-electron chi connectivity index (χ3n) is 6.41. The van der Waals surface area contributed by atoms with Crippen LogP contribution in [0.1, 0.15) is 34.2 Å². The molecule has 7 nitrogen and oxygen atoms in total. The zero-order valence-electron chi connectivity index (χ0n) is 19.5. The molecule has 182 valence electrons. The highest BCUT2D eigenvalue weighted by molar-refractivity contribution is 5.94. The van der Waals surface area contributed by atoms with E-state index in [1.165, 1.54) is 15.3 Å². The van der Waals surface area contributed by atoms with Crippen molar-refractivity contribution in [2.24, 2.45) is 0 Å². The molecule has 1 atom stereocenters. The van der Waals surface area contributed by atoms with Gasteiger partial charge in [0.2, 0.25) is 0 Å². The van der Waals surface area contributed by atoms with Crippen LogP contribution in [0, 0.1) is 13.8 Å². The molecule has 0 N–H and O–H groups in total. The maximum Gasteiger partial charge on any atom is 0.406 e. The summed E-state index contributed by atoms with van der Waals surface area (Å²) in [5, 5.41) is 0.683. The van der Waals surface area contributed by atoms with Gasteiger partial charge in [-0.25, -0.2) is 4.98 Å². The number of fused-ring (bicyclic) bond motifs is 2. The van der Waals surface area contributed by atoms with Crippen LogP contribution in [0.2, 0.25) is 0 Å². The van der Waals surface area contributed by atoms with Crippen LogP contribution in [0.15, 0.2) is 53.8 Å². The number of aromatic nitrogens is 4. The number of hydrogen-bond acceptors (Lipinski definition) is 3. The van der Waals surface area contributed by atoms with Gasteiger partial charge in [-0.15, -0.1) is 0 Å². The summed E-state index contributed by atoms with van der Waals surface area (Å²) in [4.78, 5) is 32.4. The Bertz CT molecular complexity index is 1510. The fraction of sp³-hybridized carbons (Fsp3) is 0.320. The van der Waals surface area contributed by atoms with Crippen LogP contribution in [-0.2, 0) is 19.6 Å². The van der Waals surface area contributed by atoms with Gasteiger partial charge in [0.05, 0.1) is 12.0 Å². The monoisotopic (exact) mass is 483 g/mol. The van der Waals surface area contributed by atoms with Gasteiger partial charge in [-0.1, -0.05) is 11.6 Å². The molecule has 0 aliphatic carbocycles. The van der Waals surface area contributed by atoms with Gasteiger partial charge in [0, 0.05) is 42.4 Å². The van der Waals surface area contributed by atoms with Crippen LogP contribution in [0.3, 0.4) is 0 Å². The fourth-order valence-electron chi connectivity index (χ4n) is 4.74. The van der Waals surface area contributed by atoms with Crippen molar-refractivity contribution < 1.29 is 18.0 Å². The summed E-state index contributed by atoms with van der Waals surface area (Å²) in [5.74, 6) is -0.335. The molecule has 0 unspecified atom stereocenters. The minimum Gasteiger partial charge on any atom is -0.338 e. The van der Waals surface area contributed by atoms with Crippen molar-refractivity contribution in [3.05, 3.63) is 81.9 Å². The van der Waals surface area contributed by atoms with E-state index in [2.05, 4.69) is 4.98 Å². The summed E-state index contributed by atoms with van der Waals surface area (Å²) in [6.07, 6.45) is 0.401. The number of hydrogen-bond donors (Lipinski definition) is 0. The highest BCUT2D eigenvalue weighted by Crippen LogP contribution is 2.29. The van der Waals surface area contributed by atoms with Gasteiger partial charge in [0.15, 0.2) is 0 Å². The number of imidazole rings is 1. The normalized spacial score (nSPS) is 16.2. The van der Waals surface area contributed by atoms with E-state index < -0.39 is 12.7 Å². The second-order valence-corrected chi connectivity index (χ2v) is 9.14. The number of aryl methyl sites for hydroxylation is 2. The number of halogens is 3. The zero-order chi connectivity index (χ0) is 25.1. The number of pyridine rings is 1. The van der Waals surface area contributed by atoms with Gasteiger partial charge in [-0.05, 0) is 50.6 Å². The molecule has 1 aliphatic rings. The van der Waals surface area contributed by atoms with E-state index in [9.17, 15) is 22.8 Å². The lowest BCUT2D eigenvalue weighted by molar-refractivity contribution is -0.139. The van der Waals surface area contributed by atoms with Gasteiger partial charge in [-0.3, -0.25) is 9.59 Å². The average Bonchev–Trinajstić information content (AvgIpc) is 3.34. The Balaban J connectivity index is 1.51. The number of amides is 1. The lowest BCUT2D eigenvalue weighted by Gasteiger charge is -2.35. The van der Waals surface area contributed by atoms with Crippen molar-refractivity contribution in [2.45, 2.75) is 52.6 Å². The summed E-state index contributed by atoms with van der Waals surface area (Å²) in [5.41, 5.74) is 3.14. The molecule has 1 aromatic carbocycles. The molecule has 0 bridgehead atoms. The molecule has 5 rings (SSSR count). The van der Waals surface area contributed by atoms with Crippen LogP contribution in [0.4, 0.5) is 13.2 Å². The number of carbonyl (C=O) groups excluding carboxylic acids is 1. The van der Waals surface area contributed by atoms with Gasteiger partial charge in [-0.2, -0.15) is 13.2 Å². The van der Waals surface area contributed by atoms with E-state index in [0.29, 0.717) is 22.2 Å². The maximum atomic E-state index is 13.4. The Kier molecular flexibility index (Phi) is 5.34. The summed E-state index contributed by atoms with van der Waals surface area (Å²) in [6, 6.07) is 8.17. The number of benzene rings is 1. The predicted octanol–water partition coefficient (Wildman–Crippen LogP) is 4.21. The molecule has 3 aromatic heterocycles. The molecule has 10 heteroatoms. The molecule has 1 amide bonds. The SMILES string of the molecule is Cc1ccc2c(c1)c(CN1C(=O)c3ccc(-n4cnc(C)c4)c(=O)n3C[C@@H]1C)cn2CC(F)(F)F. The number of alkyl halides is 3. The van der Waals surface area contributed by atoms with E-state index in [-0.39, 0.29) is 36.3 Å². The molecule has 0 saturated carbocycles. The van der Waals surface area contributed by atoms with Crippen LogP contribution in [-0.4, -0.2) is 41.7 Å². The van der Waals surface area contributed by atoms with Crippen LogP contribution in [0.25, 0.3) is 16.6 Å². The summed E-state index contributed by atoms with van der Waals surface area (Å²) in [7, 11) is 0. The largest absolute Gasteiger partial charge is 0.406 e. The zero-order valence-corrected chi connectivity index (χ0v) is 19.5. The first-order valence-electron chi connectivity index (χ1n) is 11.2. The average molecular weight is 483 g/mol. The molecule has 0 radical (unpaired) electrons. The summed E-state index contributed by atoms with van der Waals surface area (Å²) < 4.78 is 43.8. The molecule has 0 spiro atoms. The molecule has 4 aromatic rings. The summed E-state index contributed by atoms with van der Waals surface area (Å²) in [6.45, 7) is 4.85. The Morgan fingerprint density at radius 2 is 1.86 bits per heavy atom. The van der Waals surface area contributed by atoms with Crippen LogP contribution in [0.5, 0.6) is 0 Å². The lowest BCUT2D eigenvalue weighted by atomic mass is 10.1. The highest BCUT2D eigenvalue weighted by Gasteiger charge is 2.33. The highest BCUT2D eigenvalue weighted by atomic mass is 19.4. The van der Waals surface area contributed by atoms with Crippen LogP contribution >= 0.6 is 0 Å². The van der Waals surface area contributed by atoms with E-state index in [0.717, 1.165) is 11.3 Å². The first-order valence-corrected chi connectivity index (χ1v) is 11.2. The van der Waals surface area contributed by atoms with Gasteiger partial charge in [0.25, 0.3) is 11.5 Å². The molecule has 35 heavy (non-hydrogen) atoms. The maximum absolute atomic E-state index is 13.4. The molecule has 0 saturated heterocycles. The minimum absolute atomic E-state index is 0.140. The van der Waals surface area contributed by atoms with E-state index >= 15 is 0 Å². The third kappa shape index (κ3) is 4.13. The van der Waals surface area contributed by atoms with E-state index in [1.54, 1.807) is 46.3 Å². The Hall–Kier alpha value is -3.82. The van der Waals surface area contributed by atoms with E-state index in [4.69, 9.17) is 0 Å². The van der Waals surface area contributed by atoms with Crippen molar-refractivity contribution in [1.82, 2.24) is 23.6 Å². The topological polar surface area (TPSA) is 65.1 Å². The van der Waals surface area contributed by atoms with Gasteiger partial charge >= 0.3 is 6.18 Å². The van der Waals surface area contributed by atoms with Crippen molar-refractivity contribution >= 4 is 16.8 Å². The Labute approximate surface area is 199 Å². The molecular formula is C25H24F3N5O2. The van der Waals surface area contributed by atoms with Crippen molar-refractivity contribution in [3.63, 3.8) is 0 Å². The van der Waals surface area contributed by atoms with E-state index in [1.807, 2.05) is 26.8 Å². The molecule has 4 heterocycles. The van der Waals surface area contributed by atoms with Crippen molar-refractivity contribution in [1.29, 1.82) is 0 Å². The molecule has 1 aliphatic heterocycles. The Morgan fingerprint density at radius 3 is 2.54 bits per heavy atom. The molecular weight excluding hydrogens is 459 g/mol. The third-order valence-corrected chi connectivity index (χ3v) is 6.41. The number of nitrogens with zero attached hydrogens (tertiary/aromatic N) is 5. The first-order chi connectivity index (χ1) is 16.5. The fourth-order valence-corrected chi connectivity index (χ4v) is 4.74. The second-order valence-electron chi connectivity index (χ2n) is 9.14. The standard InChI is InChI=1S/C25H24F3N5O2/c1-15-4-5-20-19(8-15)18(11-30(20)13-25(26,27)28)12-32-17(3)10-33-22(24(32)35)7-6-21(23(33)34)31-9-16(2)29-14-31/h4-9,11,14,17H,10,12-13H2,1-3H3/t17-/m0/s1. The van der Waals surface area contributed by atoms with Crippen molar-refractivity contribution in [3.8, 4) is 5.69 Å². The van der Waals surface area contributed by atoms with Gasteiger partial charge in [0.1, 0.15) is 17.9 Å². The van der Waals surface area contributed by atoms with Crippen molar-refractivity contribution in [2.75, 3.05) is 0 Å². The first kappa shape index (κ1) is 22.9. The molecule has 0 fully saturated rings. The smallest absolute Gasteiger partial charge is 0.338 e. The van der Waals surface area contributed by atoms with Crippen LogP contribution < -0.4 is 5.56 Å². The Morgan fingerprint density at radius 1 is 1.09 bits per heavy atom. The van der Waals surface area contributed by atoms with Gasteiger partial charge < -0.3 is 18.6 Å². The minimum atomic E-state index is -4.37.